The SMILES string of the molecule is COc1ccc(Cn2c(=O)c3sccc3n3c(SCc4cccc(F)c4)nnc23)cc1. The standard InChI is InChI=1S/C22H17FN4O2S2/c1-29-17-7-5-14(6-8-17)12-26-20(28)19-18(9-10-30-19)27-21(26)24-25-22(27)31-13-15-3-2-4-16(23)11-15/h2-11H,12-13H2,1H3. The zero-order chi connectivity index (χ0) is 21.4. The maximum absolute atomic E-state index is 13.5. The van der Waals surface area contributed by atoms with Crippen molar-refractivity contribution < 1.29 is 9.13 Å². The topological polar surface area (TPSA) is 61.4 Å². The van der Waals surface area contributed by atoms with Crippen LogP contribution in [0.25, 0.3) is 16.0 Å². The van der Waals surface area contributed by atoms with Crippen LogP contribution in [0.4, 0.5) is 4.39 Å². The van der Waals surface area contributed by atoms with Crippen molar-refractivity contribution in [1.29, 1.82) is 0 Å². The van der Waals surface area contributed by atoms with Gasteiger partial charge in [-0.05, 0) is 46.8 Å². The number of benzene rings is 2. The summed E-state index contributed by atoms with van der Waals surface area (Å²) in [4.78, 5) is 13.2. The Morgan fingerprint density at radius 3 is 2.71 bits per heavy atom. The van der Waals surface area contributed by atoms with Crippen LogP contribution in [0.15, 0.2) is 69.9 Å². The summed E-state index contributed by atoms with van der Waals surface area (Å²) < 4.78 is 22.9. The number of ether oxygens (including phenoxy) is 1. The quantitative estimate of drug-likeness (QED) is 0.353. The van der Waals surface area contributed by atoms with Gasteiger partial charge in [0.05, 0.1) is 19.2 Å². The van der Waals surface area contributed by atoms with Crippen LogP contribution in [0.2, 0.25) is 0 Å². The Labute approximate surface area is 184 Å². The van der Waals surface area contributed by atoms with Crippen LogP contribution in [0, 0.1) is 5.82 Å². The summed E-state index contributed by atoms with van der Waals surface area (Å²) in [5.74, 6) is 1.52. The van der Waals surface area contributed by atoms with Gasteiger partial charge < -0.3 is 4.74 Å². The molecule has 0 aliphatic carbocycles. The number of nitrogens with zero attached hydrogens (tertiary/aromatic N) is 4. The van der Waals surface area contributed by atoms with Gasteiger partial charge in [0.25, 0.3) is 5.56 Å². The van der Waals surface area contributed by atoms with Crippen molar-refractivity contribution in [2.75, 3.05) is 7.11 Å². The molecule has 0 saturated heterocycles. The van der Waals surface area contributed by atoms with E-state index < -0.39 is 0 Å². The molecule has 9 heteroatoms. The molecule has 0 N–H and O–H groups in total. The van der Waals surface area contributed by atoms with Crippen LogP contribution < -0.4 is 10.3 Å². The van der Waals surface area contributed by atoms with Crippen LogP contribution in [0.3, 0.4) is 0 Å². The number of fused-ring (bicyclic) bond motifs is 3. The summed E-state index contributed by atoms with van der Waals surface area (Å²) in [6.07, 6.45) is 0. The fraction of sp³-hybridized carbons (Fsp3) is 0.136. The lowest BCUT2D eigenvalue weighted by atomic mass is 10.2. The monoisotopic (exact) mass is 452 g/mol. The van der Waals surface area contributed by atoms with E-state index in [1.807, 2.05) is 46.2 Å². The highest BCUT2D eigenvalue weighted by atomic mass is 32.2. The minimum Gasteiger partial charge on any atom is -0.497 e. The zero-order valence-corrected chi connectivity index (χ0v) is 18.1. The molecule has 0 amide bonds. The van der Waals surface area contributed by atoms with Crippen LogP contribution in [-0.4, -0.2) is 26.3 Å². The lowest BCUT2D eigenvalue weighted by Crippen LogP contribution is -2.23. The molecule has 0 radical (unpaired) electrons. The Morgan fingerprint density at radius 2 is 1.94 bits per heavy atom. The average molecular weight is 453 g/mol. The van der Waals surface area contributed by atoms with Crippen molar-refractivity contribution in [3.8, 4) is 5.75 Å². The Hall–Kier alpha value is -3.17. The Bertz CT molecular complexity index is 1440. The molecule has 2 aromatic carbocycles. The Morgan fingerprint density at radius 1 is 1.10 bits per heavy atom. The highest BCUT2D eigenvalue weighted by molar-refractivity contribution is 7.98. The van der Waals surface area contributed by atoms with Crippen LogP contribution in [-0.2, 0) is 12.3 Å². The van der Waals surface area contributed by atoms with Crippen molar-refractivity contribution in [3.63, 3.8) is 0 Å². The predicted octanol–water partition coefficient (Wildman–Crippen LogP) is 4.59. The van der Waals surface area contributed by atoms with Crippen molar-refractivity contribution in [2.24, 2.45) is 0 Å². The summed E-state index contributed by atoms with van der Waals surface area (Å²) in [5.41, 5.74) is 2.50. The minimum absolute atomic E-state index is 0.0950. The number of hydrogen-bond donors (Lipinski definition) is 0. The second kappa shape index (κ2) is 8.16. The van der Waals surface area contributed by atoms with E-state index >= 15 is 0 Å². The van der Waals surface area contributed by atoms with E-state index in [1.54, 1.807) is 17.7 Å². The minimum atomic E-state index is -0.266. The maximum atomic E-state index is 13.5. The number of thiophene rings is 1. The van der Waals surface area contributed by atoms with Crippen molar-refractivity contribution in [2.45, 2.75) is 17.5 Å². The largest absolute Gasteiger partial charge is 0.497 e. The molecule has 0 unspecified atom stereocenters. The summed E-state index contributed by atoms with van der Waals surface area (Å²) in [5, 5.41) is 11.2. The molecule has 6 nitrogen and oxygen atoms in total. The number of methoxy groups -OCH3 is 1. The first kappa shape index (κ1) is 19.8. The molecule has 3 aromatic heterocycles. The van der Waals surface area contributed by atoms with E-state index in [-0.39, 0.29) is 11.4 Å². The number of rotatable bonds is 6. The van der Waals surface area contributed by atoms with Gasteiger partial charge in [0.2, 0.25) is 5.78 Å². The average Bonchev–Trinajstić information content (AvgIpc) is 3.43. The molecule has 0 atom stereocenters. The third-order valence-corrected chi connectivity index (χ3v) is 6.83. The molecule has 0 bridgehead atoms. The Balaban J connectivity index is 1.57. The molecule has 31 heavy (non-hydrogen) atoms. The second-order valence-corrected chi connectivity index (χ2v) is 8.77. The maximum Gasteiger partial charge on any atom is 0.273 e. The molecule has 0 saturated carbocycles. The van der Waals surface area contributed by atoms with E-state index in [9.17, 15) is 9.18 Å². The second-order valence-electron chi connectivity index (χ2n) is 6.91. The normalized spacial score (nSPS) is 11.4. The number of thioether (sulfide) groups is 1. The number of aromatic nitrogens is 4. The van der Waals surface area contributed by atoms with Gasteiger partial charge in [-0.1, -0.05) is 36.0 Å². The van der Waals surface area contributed by atoms with E-state index in [0.29, 0.717) is 27.9 Å². The smallest absolute Gasteiger partial charge is 0.273 e. The highest BCUT2D eigenvalue weighted by Crippen LogP contribution is 2.27. The van der Waals surface area contributed by atoms with Gasteiger partial charge >= 0.3 is 0 Å². The molecule has 0 fully saturated rings. The first-order valence-electron chi connectivity index (χ1n) is 9.49. The van der Waals surface area contributed by atoms with Crippen LogP contribution in [0.5, 0.6) is 5.75 Å². The van der Waals surface area contributed by atoms with Gasteiger partial charge in [0.15, 0.2) is 5.16 Å². The molecule has 5 rings (SSSR count). The van der Waals surface area contributed by atoms with Gasteiger partial charge in [-0.2, -0.15) is 0 Å². The summed E-state index contributed by atoms with van der Waals surface area (Å²) in [7, 11) is 1.62. The van der Waals surface area contributed by atoms with E-state index in [4.69, 9.17) is 4.74 Å². The molecule has 156 valence electrons. The predicted molar refractivity (Wildman–Crippen MR) is 121 cm³/mol. The molecule has 5 aromatic rings. The molecular formula is C22H17FN4O2S2. The van der Waals surface area contributed by atoms with Gasteiger partial charge in [-0.25, -0.2) is 4.39 Å². The van der Waals surface area contributed by atoms with E-state index in [1.165, 1.54) is 35.2 Å². The highest BCUT2D eigenvalue weighted by Gasteiger charge is 2.18. The molecule has 3 heterocycles. The third-order valence-electron chi connectivity index (χ3n) is 4.94. The fourth-order valence-corrected chi connectivity index (χ4v) is 5.13. The molecule has 0 aliphatic heterocycles. The molecule has 0 spiro atoms. The molecule has 0 aliphatic rings. The Kier molecular flexibility index (Phi) is 5.21. The summed E-state index contributed by atoms with van der Waals surface area (Å²) in [6.45, 7) is 0.368. The number of halogens is 1. The van der Waals surface area contributed by atoms with Gasteiger partial charge in [0.1, 0.15) is 16.3 Å². The van der Waals surface area contributed by atoms with E-state index in [2.05, 4.69) is 10.2 Å². The molecular weight excluding hydrogens is 435 g/mol. The number of hydrogen-bond acceptors (Lipinski definition) is 6. The lowest BCUT2D eigenvalue weighted by Gasteiger charge is -2.10. The zero-order valence-electron chi connectivity index (χ0n) is 16.5. The van der Waals surface area contributed by atoms with Gasteiger partial charge in [-0.3, -0.25) is 13.8 Å². The summed E-state index contributed by atoms with van der Waals surface area (Å²) >= 11 is 2.86. The fourth-order valence-electron chi connectivity index (χ4n) is 3.42. The van der Waals surface area contributed by atoms with Crippen molar-refractivity contribution in [1.82, 2.24) is 19.2 Å². The van der Waals surface area contributed by atoms with Crippen molar-refractivity contribution in [3.05, 3.63) is 87.3 Å². The van der Waals surface area contributed by atoms with Crippen LogP contribution >= 0.6 is 23.1 Å². The third kappa shape index (κ3) is 3.70. The van der Waals surface area contributed by atoms with Gasteiger partial charge in [-0.15, -0.1) is 21.5 Å². The van der Waals surface area contributed by atoms with Crippen LogP contribution in [0.1, 0.15) is 11.1 Å². The first-order valence-corrected chi connectivity index (χ1v) is 11.4. The first-order chi connectivity index (χ1) is 15.1. The van der Waals surface area contributed by atoms with Gasteiger partial charge in [0, 0.05) is 5.75 Å². The van der Waals surface area contributed by atoms with Crippen molar-refractivity contribution >= 4 is 39.1 Å². The van der Waals surface area contributed by atoms with E-state index in [0.717, 1.165) is 22.4 Å². The lowest BCUT2D eigenvalue weighted by molar-refractivity contribution is 0.414. The summed E-state index contributed by atoms with van der Waals surface area (Å²) in [6, 6.07) is 16.0.